The van der Waals surface area contributed by atoms with Crippen molar-refractivity contribution in [2.45, 2.75) is 71.6 Å². The van der Waals surface area contributed by atoms with E-state index in [4.69, 9.17) is 10.00 Å². The quantitative estimate of drug-likeness (QED) is 0.181. The normalized spacial score (nSPS) is 16.0. The monoisotopic (exact) mass is 696 g/mol. The summed E-state index contributed by atoms with van der Waals surface area (Å²) in [5.74, 6) is -0.160. The van der Waals surface area contributed by atoms with Crippen LogP contribution in [0.2, 0.25) is 0 Å². The minimum absolute atomic E-state index is 0.0240. The van der Waals surface area contributed by atoms with Gasteiger partial charge in [-0.2, -0.15) is 5.26 Å². The van der Waals surface area contributed by atoms with E-state index in [1.165, 1.54) is 23.9 Å². The molecule has 2 saturated heterocycles. The predicted molar refractivity (Wildman–Crippen MR) is 192 cm³/mol. The van der Waals surface area contributed by atoms with E-state index in [1.54, 1.807) is 18.2 Å². The summed E-state index contributed by atoms with van der Waals surface area (Å²) in [4.78, 5) is 50.6. The molecule has 2 fully saturated rings. The lowest BCUT2D eigenvalue weighted by Crippen LogP contribution is -2.48. The fraction of sp³-hybridized carbons (Fsp3) is 0.475. The Kier molecular flexibility index (Phi) is 12.9. The first-order chi connectivity index (χ1) is 24.5. The molecule has 51 heavy (non-hydrogen) atoms. The molecule has 0 bridgehead atoms. The fourth-order valence-corrected chi connectivity index (χ4v) is 6.64. The molecule has 2 aliphatic rings. The van der Waals surface area contributed by atoms with Crippen molar-refractivity contribution in [3.05, 3.63) is 100 Å². The average Bonchev–Trinajstić information content (AvgIpc) is 3.11. The number of carbonyl (C=O) groups excluding carboxylic acids is 3. The number of alkyl carbamates (subject to hydrolysis) is 1. The van der Waals surface area contributed by atoms with Gasteiger partial charge in [0.1, 0.15) is 17.1 Å². The summed E-state index contributed by atoms with van der Waals surface area (Å²) in [7, 11) is 0. The van der Waals surface area contributed by atoms with Crippen molar-refractivity contribution < 1.29 is 23.5 Å². The second-order valence-corrected chi connectivity index (χ2v) is 14.6. The Balaban J connectivity index is 1.19. The first-order valence-electron chi connectivity index (χ1n) is 17.9. The highest BCUT2D eigenvalue weighted by Gasteiger charge is 2.27. The number of likely N-dealkylation sites (tertiary alicyclic amines) is 1. The minimum atomic E-state index is -0.603. The third kappa shape index (κ3) is 11.4. The van der Waals surface area contributed by atoms with Gasteiger partial charge in [0.15, 0.2) is 5.78 Å². The predicted octanol–water partition coefficient (Wildman–Crippen LogP) is 5.99. The molecular formula is C40H49FN6O4. The number of Topliss-reactive ketones (excluding diaryl/α,β-unsaturated/α-hetero) is 1. The number of amides is 2. The van der Waals surface area contributed by atoms with Crippen molar-refractivity contribution in [2.75, 3.05) is 45.8 Å². The number of piperazine rings is 1. The maximum absolute atomic E-state index is 13.7. The van der Waals surface area contributed by atoms with Crippen LogP contribution in [0.4, 0.5) is 9.18 Å². The number of benzene rings is 2. The number of rotatable bonds is 12. The van der Waals surface area contributed by atoms with E-state index in [9.17, 15) is 18.8 Å². The third-order valence-electron chi connectivity index (χ3n) is 9.42. The van der Waals surface area contributed by atoms with Gasteiger partial charge in [-0.25, -0.2) is 9.18 Å². The van der Waals surface area contributed by atoms with Gasteiger partial charge in [0.05, 0.1) is 17.2 Å². The molecule has 1 N–H and O–H groups in total. The molecular weight excluding hydrogens is 647 g/mol. The Morgan fingerprint density at radius 3 is 2.14 bits per heavy atom. The zero-order valence-corrected chi connectivity index (χ0v) is 30.0. The first-order valence-corrected chi connectivity index (χ1v) is 17.9. The summed E-state index contributed by atoms with van der Waals surface area (Å²) < 4.78 is 18.7. The molecule has 0 unspecified atom stereocenters. The molecule has 1 aromatic heterocycles. The van der Waals surface area contributed by atoms with Crippen LogP contribution in [0.5, 0.6) is 0 Å². The SMILES string of the molecule is CC(C)(C)OC(=O)NCCCc1cc(C(=O)N2CCN(Cc3ccc(F)cc3)CC2)cnc1C(=O)CC1CCN(Cc2ccc(C#N)cc2)CC1. The van der Waals surface area contributed by atoms with Gasteiger partial charge in [-0.3, -0.25) is 24.4 Å². The van der Waals surface area contributed by atoms with Crippen LogP contribution >= 0.6 is 0 Å². The lowest BCUT2D eigenvalue weighted by atomic mass is 9.89. The summed E-state index contributed by atoms with van der Waals surface area (Å²) in [5, 5.41) is 11.8. The molecule has 0 aliphatic carbocycles. The Morgan fingerprint density at radius 2 is 1.53 bits per heavy atom. The highest BCUT2D eigenvalue weighted by molar-refractivity contribution is 5.98. The second kappa shape index (κ2) is 17.5. The van der Waals surface area contributed by atoms with E-state index >= 15 is 0 Å². The molecule has 0 radical (unpaired) electrons. The van der Waals surface area contributed by atoms with Crippen LogP contribution in [0.3, 0.4) is 0 Å². The molecule has 2 aliphatic heterocycles. The largest absolute Gasteiger partial charge is 0.444 e. The number of nitrogens with one attached hydrogen (secondary N) is 1. The smallest absolute Gasteiger partial charge is 0.407 e. The van der Waals surface area contributed by atoms with Gasteiger partial charge in [-0.1, -0.05) is 24.3 Å². The summed E-state index contributed by atoms with van der Waals surface area (Å²) in [6.45, 7) is 11.6. The summed E-state index contributed by atoms with van der Waals surface area (Å²) in [5.41, 5.74) is 3.80. The molecule has 11 heteroatoms. The van der Waals surface area contributed by atoms with Crippen LogP contribution in [-0.4, -0.2) is 88.9 Å². The van der Waals surface area contributed by atoms with Crippen molar-refractivity contribution in [2.24, 2.45) is 5.92 Å². The van der Waals surface area contributed by atoms with Gasteiger partial charge in [0.25, 0.3) is 5.91 Å². The number of nitrogens with zero attached hydrogens (tertiary/aromatic N) is 5. The maximum atomic E-state index is 13.7. The number of halogens is 1. The number of ether oxygens (including phenoxy) is 1. The molecule has 0 atom stereocenters. The van der Waals surface area contributed by atoms with Crippen LogP contribution in [0.15, 0.2) is 60.8 Å². The van der Waals surface area contributed by atoms with Crippen LogP contribution in [-0.2, 0) is 24.2 Å². The Labute approximate surface area is 300 Å². The Morgan fingerprint density at radius 1 is 0.922 bits per heavy atom. The first kappa shape index (κ1) is 37.6. The van der Waals surface area contributed by atoms with Crippen LogP contribution in [0.1, 0.15) is 89.6 Å². The van der Waals surface area contributed by atoms with E-state index in [-0.39, 0.29) is 23.4 Å². The summed E-state index contributed by atoms with van der Waals surface area (Å²) in [6.07, 6.45) is 4.26. The molecule has 3 heterocycles. The van der Waals surface area contributed by atoms with E-state index in [0.717, 1.165) is 38.0 Å². The van der Waals surface area contributed by atoms with Crippen LogP contribution in [0, 0.1) is 23.1 Å². The van der Waals surface area contributed by atoms with Crippen LogP contribution < -0.4 is 5.32 Å². The van der Waals surface area contributed by atoms with Gasteiger partial charge in [0.2, 0.25) is 0 Å². The van der Waals surface area contributed by atoms with Crippen molar-refractivity contribution in [1.29, 1.82) is 5.26 Å². The van der Waals surface area contributed by atoms with Gasteiger partial charge >= 0.3 is 6.09 Å². The number of carbonyl (C=O) groups is 3. The number of hydrogen-bond donors (Lipinski definition) is 1. The standard InChI is InChI=1S/C40H49FN6O4/c1-40(2,3)51-39(50)43-16-4-5-33-24-34(38(49)47-21-19-46(20-22-47)28-32-10-12-35(41)13-11-32)26-44-37(33)36(48)23-29-14-17-45(18-15-29)27-31-8-6-30(25-42)7-9-31/h6-13,24,26,29H,4-5,14-23,27-28H2,1-3H3,(H,43,50). The van der Waals surface area contributed by atoms with Crippen LogP contribution in [0.25, 0.3) is 0 Å². The van der Waals surface area contributed by atoms with Gasteiger partial charge < -0.3 is 15.0 Å². The minimum Gasteiger partial charge on any atom is -0.444 e. The maximum Gasteiger partial charge on any atom is 0.407 e. The molecule has 3 aromatic rings. The molecule has 0 spiro atoms. The molecule has 2 amide bonds. The zero-order valence-electron chi connectivity index (χ0n) is 30.0. The number of nitriles is 1. The number of pyridine rings is 1. The molecule has 5 rings (SSSR count). The summed E-state index contributed by atoms with van der Waals surface area (Å²) in [6, 6.07) is 18.1. The average molecular weight is 697 g/mol. The fourth-order valence-electron chi connectivity index (χ4n) is 6.64. The molecule has 0 saturated carbocycles. The van der Waals surface area contributed by atoms with E-state index < -0.39 is 11.7 Å². The van der Waals surface area contributed by atoms with Crippen molar-refractivity contribution in [1.82, 2.24) is 25.0 Å². The lowest BCUT2D eigenvalue weighted by Gasteiger charge is -2.34. The van der Waals surface area contributed by atoms with Crippen molar-refractivity contribution in [3.8, 4) is 6.07 Å². The zero-order chi connectivity index (χ0) is 36.4. The number of aromatic nitrogens is 1. The lowest BCUT2D eigenvalue weighted by molar-refractivity contribution is 0.0526. The summed E-state index contributed by atoms with van der Waals surface area (Å²) >= 11 is 0. The third-order valence-corrected chi connectivity index (χ3v) is 9.42. The van der Waals surface area contributed by atoms with Crippen molar-refractivity contribution >= 4 is 17.8 Å². The number of ketones is 1. The number of hydrogen-bond acceptors (Lipinski definition) is 8. The number of aryl methyl sites for hydroxylation is 1. The van der Waals surface area contributed by atoms with E-state index in [0.29, 0.717) is 80.9 Å². The Bertz CT molecular complexity index is 1680. The molecule has 2 aromatic carbocycles. The topological polar surface area (TPSA) is 119 Å². The van der Waals surface area contributed by atoms with Gasteiger partial charge in [-0.15, -0.1) is 0 Å². The number of piperidine rings is 1. The molecule has 10 nitrogen and oxygen atoms in total. The second-order valence-electron chi connectivity index (χ2n) is 14.6. The van der Waals surface area contributed by atoms with Gasteiger partial charge in [0, 0.05) is 58.4 Å². The Hall–Kier alpha value is -4.66. The van der Waals surface area contributed by atoms with E-state index in [2.05, 4.69) is 26.2 Å². The van der Waals surface area contributed by atoms with Crippen molar-refractivity contribution in [3.63, 3.8) is 0 Å². The highest BCUT2D eigenvalue weighted by atomic mass is 19.1. The highest BCUT2D eigenvalue weighted by Crippen LogP contribution is 2.25. The van der Waals surface area contributed by atoms with Gasteiger partial charge in [-0.05, 0) is 112 Å². The van der Waals surface area contributed by atoms with E-state index in [1.807, 2.05) is 49.9 Å². The molecule has 270 valence electrons.